The van der Waals surface area contributed by atoms with E-state index in [0.29, 0.717) is 18.1 Å². The minimum absolute atomic E-state index is 0.313. The normalized spacial score (nSPS) is 16.6. The van der Waals surface area contributed by atoms with E-state index in [1.54, 1.807) is 0 Å². The summed E-state index contributed by atoms with van der Waals surface area (Å²) in [5, 5.41) is 0. The molecule has 2 nitrogen and oxygen atoms in total. The van der Waals surface area contributed by atoms with Crippen LogP contribution in [0.25, 0.3) is 0 Å². The lowest BCUT2D eigenvalue weighted by Crippen LogP contribution is -2.41. The first-order chi connectivity index (χ1) is 5.99. The molecular weight excluding hydrogens is 160 g/mol. The maximum Gasteiger partial charge on any atom is 0.00842 e. The largest absolute Gasteiger partial charge is 0.328 e. The highest BCUT2D eigenvalue weighted by atomic mass is 15.2. The Morgan fingerprint density at radius 1 is 1.15 bits per heavy atom. The van der Waals surface area contributed by atoms with Gasteiger partial charge < -0.3 is 5.73 Å². The van der Waals surface area contributed by atoms with Crippen LogP contribution in [-0.2, 0) is 0 Å². The topological polar surface area (TPSA) is 29.3 Å². The molecule has 0 radical (unpaired) electrons. The van der Waals surface area contributed by atoms with Crippen LogP contribution in [0.15, 0.2) is 0 Å². The summed E-state index contributed by atoms with van der Waals surface area (Å²) in [4.78, 5) is 2.53. The zero-order valence-corrected chi connectivity index (χ0v) is 9.88. The minimum atomic E-state index is 0.313. The smallest absolute Gasteiger partial charge is 0.00842 e. The molecule has 0 aromatic carbocycles. The molecule has 2 heteroatoms. The highest BCUT2D eigenvalue weighted by Crippen LogP contribution is 2.10. The van der Waals surface area contributed by atoms with Crippen LogP contribution in [0.2, 0.25) is 0 Å². The van der Waals surface area contributed by atoms with E-state index in [-0.39, 0.29) is 0 Å². The molecule has 2 atom stereocenters. The van der Waals surface area contributed by atoms with Gasteiger partial charge in [-0.1, -0.05) is 6.92 Å². The summed E-state index contributed by atoms with van der Waals surface area (Å²) >= 11 is 0. The van der Waals surface area contributed by atoms with Gasteiger partial charge in [-0.25, -0.2) is 0 Å². The highest BCUT2D eigenvalue weighted by molar-refractivity contribution is 4.73. The summed E-state index contributed by atoms with van der Waals surface area (Å²) in [6.07, 6.45) is 2.32. The molecule has 0 amide bonds. The summed E-state index contributed by atoms with van der Waals surface area (Å²) in [5.41, 5.74) is 5.80. The molecule has 0 aliphatic rings. The second kappa shape index (κ2) is 6.39. The molecular formula is C11H26N2. The number of rotatable bonds is 6. The molecule has 13 heavy (non-hydrogen) atoms. The molecule has 0 aromatic rings. The molecule has 0 spiro atoms. The van der Waals surface area contributed by atoms with E-state index >= 15 is 0 Å². The second-order valence-corrected chi connectivity index (χ2v) is 4.39. The Bertz CT molecular complexity index is 121. The molecule has 2 unspecified atom stereocenters. The van der Waals surface area contributed by atoms with Crippen molar-refractivity contribution in [3.8, 4) is 0 Å². The number of nitrogens with two attached hydrogens (primary N) is 1. The van der Waals surface area contributed by atoms with Gasteiger partial charge in [0.05, 0.1) is 0 Å². The van der Waals surface area contributed by atoms with Crippen molar-refractivity contribution in [1.82, 2.24) is 4.90 Å². The molecule has 0 aliphatic carbocycles. The molecule has 0 heterocycles. The molecule has 0 bridgehead atoms. The number of hydrogen-bond donors (Lipinski definition) is 1. The Labute approximate surface area is 83.5 Å². The first kappa shape index (κ1) is 12.9. The van der Waals surface area contributed by atoms with Crippen molar-refractivity contribution in [3.63, 3.8) is 0 Å². The van der Waals surface area contributed by atoms with Gasteiger partial charge in [0, 0.05) is 18.1 Å². The third kappa shape index (κ3) is 5.27. The van der Waals surface area contributed by atoms with Crippen molar-refractivity contribution in [2.45, 2.75) is 65.6 Å². The van der Waals surface area contributed by atoms with Crippen LogP contribution < -0.4 is 5.73 Å². The van der Waals surface area contributed by atoms with Gasteiger partial charge in [0.25, 0.3) is 0 Å². The van der Waals surface area contributed by atoms with E-state index in [0.717, 1.165) is 6.42 Å². The van der Waals surface area contributed by atoms with Crippen LogP contribution in [0.3, 0.4) is 0 Å². The van der Waals surface area contributed by atoms with Crippen molar-refractivity contribution in [3.05, 3.63) is 0 Å². The zero-order chi connectivity index (χ0) is 10.4. The van der Waals surface area contributed by atoms with Crippen molar-refractivity contribution in [2.24, 2.45) is 5.73 Å². The van der Waals surface area contributed by atoms with E-state index in [2.05, 4.69) is 39.5 Å². The molecule has 0 rings (SSSR count). The van der Waals surface area contributed by atoms with Gasteiger partial charge in [-0.15, -0.1) is 0 Å². The monoisotopic (exact) mass is 186 g/mol. The Morgan fingerprint density at radius 3 is 2.00 bits per heavy atom. The fourth-order valence-corrected chi connectivity index (χ4v) is 1.92. The fourth-order valence-electron chi connectivity index (χ4n) is 1.92. The SMILES string of the molecule is CCCN(C(C)C)C(C)CC(C)N. The van der Waals surface area contributed by atoms with E-state index in [1.165, 1.54) is 13.0 Å². The molecule has 80 valence electrons. The van der Waals surface area contributed by atoms with E-state index < -0.39 is 0 Å². The highest BCUT2D eigenvalue weighted by Gasteiger charge is 2.16. The van der Waals surface area contributed by atoms with Gasteiger partial charge in [0.1, 0.15) is 0 Å². The molecule has 0 aromatic heterocycles. The maximum absolute atomic E-state index is 5.80. The van der Waals surface area contributed by atoms with Gasteiger partial charge in [-0.05, 0) is 47.1 Å². The van der Waals surface area contributed by atoms with E-state index in [9.17, 15) is 0 Å². The summed E-state index contributed by atoms with van der Waals surface area (Å²) in [6.45, 7) is 12.3. The van der Waals surface area contributed by atoms with Crippen LogP contribution >= 0.6 is 0 Å². The predicted octanol–water partition coefficient (Wildman–Crippen LogP) is 2.23. The predicted molar refractivity (Wildman–Crippen MR) is 59.9 cm³/mol. The summed E-state index contributed by atoms with van der Waals surface area (Å²) in [5.74, 6) is 0. The standard InChI is InChI=1S/C11H26N2/c1-6-7-13(9(2)3)11(5)8-10(4)12/h9-11H,6-8,12H2,1-5H3. The quantitative estimate of drug-likeness (QED) is 0.689. The summed E-state index contributed by atoms with van der Waals surface area (Å²) in [6, 6.07) is 1.56. The maximum atomic E-state index is 5.80. The Kier molecular flexibility index (Phi) is 6.35. The molecule has 0 saturated heterocycles. The Hall–Kier alpha value is -0.0800. The number of nitrogens with zero attached hydrogens (tertiary/aromatic N) is 1. The first-order valence-corrected chi connectivity index (χ1v) is 5.50. The number of hydrogen-bond acceptors (Lipinski definition) is 2. The van der Waals surface area contributed by atoms with Gasteiger partial charge in [-0.3, -0.25) is 4.90 Å². The van der Waals surface area contributed by atoms with Gasteiger partial charge in [0.15, 0.2) is 0 Å². The van der Waals surface area contributed by atoms with Gasteiger partial charge in [-0.2, -0.15) is 0 Å². The second-order valence-electron chi connectivity index (χ2n) is 4.39. The Balaban J connectivity index is 4.02. The fraction of sp³-hybridized carbons (Fsp3) is 1.00. The van der Waals surface area contributed by atoms with Crippen molar-refractivity contribution in [1.29, 1.82) is 0 Å². The lowest BCUT2D eigenvalue weighted by atomic mass is 10.1. The van der Waals surface area contributed by atoms with Crippen LogP contribution in [0, 0.1) is 0 Å². The van der Waals surface area contributed by atoms with Gasteiger partial charge >= 0.3 is 0 Å². The van der Waals surface area contributed by atoms with E-state index in [1.807, 2.05) is 0 Å². The zero-order valence-electron chi connectivity index (χ0n) is 9.88. The molecule has 0 aliphatic heterocycles. The molecule has 0 fully saturated rings. The average Bonchev–Trinajstić information content (AvgIpc) is 1.97. The molecule has 2 N–H and O–H groups in total. The summed E-state index contributed by atoms with van der Waals surface area (Å²) < 4.78 is 0. The van der Waals surface area contributed by atoms with Crippen LogP contribution in [0.1, 0.15) is 47.5 Å². The Morgan fingerprint density at radius 2 is 1.69 bits per heavy atom. The minimum Gasteiger partial charge on any atom is -0.328 e. The van der Waals surface area contributed by atoms with Crippen LogP contribution in [-0.4, -0.2) is 29.6 Å². The van der Waals surface area contributed by atoms with Crippen molar-refractivity contribution in [2.75, 3.05) is 6.54 Å². The van der Waals surface area contributed by atoms with Crippen molar-refractivity contribution < 1.29 is 0 Å². The van der Waals surface area contributed by atoms with Crippen LogP contribution in [0.4, 0.5) is 0 Å². The van der Waals surface area contributed by atoms with Crippen molar-refractivity contribution >= 4 is 0 Å². The molecule has 0 saturated carbocycles. The average molecular weight is 186 g/mol. The first-order valence-electron chi connectivity index (χ1n) is 5.50. The van der Waals surface area contributed by atoms with E-state index in [4.69, 9.17) is 5.73 Å². The summed E-state index contributed by atoms with van der Waals surface area (Å²) in [7, 11) is 0. The van der Waals surface area contributed by atoms with Gasteiger partial charge in [0.2, 0.25) is 0 Å². The lowest BCUT2D eigenvalue weighted by Gasteiger charge is -2.33. The third-order valence-electron chi connectivity index (χ3n) is 2.42. The lowest BCUT2D eigenvalue weighted by molar-refractivity contribution is 0.152. The third-order valence-corrected chi connectivity index (χ3v) is 2.42. The van der Waals surface area contributed by atoms with Crippen LogP contribution in [0.5, 0.6) is 0 Å².